The van der Waals surface area contributed by atoms with Crippen LogP contribution in [-0.4, -0.2) is 31.1 Å². The summed E-state index contributed by atoms with van der Waals surface area (Å²) in [7, 11) is 0. The molecule has 0 aromatic rings. The summed E-state index contributed by atoms with van der Waals surface area (Å²) in [5, 5.41) is 0. The second-order valence-electron chi connectivity index (χ2n) is 4.87. The van der Waals surface area contributed by atoms with E-state index in [-0.39, 0.29) is 0 Å². The molecule has 0 saturated heterocycles. The quantitative estimate of drug-likeness (QED) is 0.615. The van der Waals surface area contributed by atoms with Crippen molar-refractivity contribution in [3.63, 3.8) is 0 Å². The van der Waals surface area contributed by atoms with Crippen LogP contribution in [0.2, 0.25) is 0 Å². The van der Waals surface area contributed by atoms with Crippen LogP contribution in [0.5, 0.6) is 0 Å². The maximum Gasteiger partial charge on any atom is 0.0599 e. The van der Waals surface area contributed by atoms with Crippen molar-refractivity contribution in [1.29, 1.82) is 0 Å². The van der Waals surface area contributed by atoms with Crippen molar-refractivity contribution in [2.75, 3.05) is 26.2 Å². The summed E-state index contributed by atoms with van der Waals surface area (Å²) in [5.41, 5.74) is 5.59. The molecule has 1 saturated carbocycles. The summed E-state index contributed by atoms with van der Waals surface area (Å²) in [6.07, 6.45) is 10.6. The van der Waals surface area contributed by atoms with Gasteiger partial charge < -0.3 is 5.73 Å². The van der Waals surface area contributed by atoms with E-state index in [0.717, 1.165) is 25.6 Å². The number of hydrogen-bond acceptors (Lipinski definition) is 2. The fourth-order valence-electron chi connectivity index (χ4n) is 1.81. The summed E-state index contributed by atoms with van der Waals surface area (Å²) < 4.78 is 0. The van der Waals surface area contributed by atoms with Crippen LogP contribution in [-0.2, 0) is 0 Å². The zero-order chi connectivity index (χ0) is 11.1. The predicted molar refractivity (Wildman–Crippen MR) is 65.4 cm³/mol. The Kier molecular flexibility index (Phi) is 5.75. The Morgan fingerprint density at radius 1 is 1.53 bits per heavy atom. The smallest absolute Gasteiger partial charge is 0.0599 e. The largest absolute Gasteiger partial charge is 0.330 e. The van der Waals surface area contributed by atoms with Crippen LogP contribution < -0.4 is 5.73 Å². The minimum Gasteiger partial charge on any atom is -0.330 e. The maximum atomic E-state index is 5.59. The molecule has 0 radical (unpaired) electrons. The van der Waals surface area contributed by atoms with Crippen LogP contribution >= 0.6 is 0 Å². The Labute approximate surface area is 94.2 Å². The molecule has 1 aliphatic rings. The van der Waals surface area contributed by atoms with Gasteiger partial charge >= 0.3 is 0 Å². The van der Waals surface area contributed by atoms with Crippen LogP contribution in [0.15, 0.2) is 0 Å². The minimum absolute atomic E-state index is 0.651. The lowest BCUT2D eigenvalue weighted by atomic mass is 10.1. The summed E-state index contributed by atoms with van der Waals surface area (Å²) in [5.74, 6) is 4.34. The monoisotopic (exact) mass is 208 g/mol. The molecular formula is C13H24N2. The molecule has 2 heteroatoms. The van der Waals surface area contributed by atoms with E-state index >= 15 is 0 Å². The van der Waals surface area contributed by atoms with Gasteiger partial charge in [0.25, 0.3) is 0 Å². The van der Waals surface area contributed by atoms with E-state index in [4.69, 9.17) is 12.2 Å². The Morgan fingerprint density at radius 2 is 2.27 bits per heavy atom. The first-order valence-corrected chi connectivity index (χ1v) is 6.12. The van der Waals surface area contributed by atoms with Gasteiger partial charge in [-0.25, -0.2) is 0 Å². The molecule has 1 rings (SSSR count). The van der Waals surface area contributed by atoms with Gasteiger partial charge in [-0.3, -0.25) is 4.90 Å². The van der Waals surface area contributed by atoms with Crippen LogP contribution in [0, 0.1) is 24.2 Å². The van der Waals surface area contributed by atoms with E-state index in [1.807, 2.05) is 0 Å². The van der Waals surface area contributed by atoms with E-state index in [2.05, 4.69) is 17.7 Å². The van der Waals surface area contributed by atoms with Gasteiger partial charge in [0.2, 0.25) is 0 Å². The Hall–Kier alpha value is -0.520. The highest BCUT2D eigenvalue weighted by molar-refractivity contribution is 4.90. The first-order chi connectivity index (χ1) is 7.26. The van der Waals surface area contributed by atoms with Crippen LogP contribution in [0.4, 0.5) is 0 Å². The van der Waals surface area contributed by atoms with Gasteiger partial charge in [-0.1, -0.05) is 12.8 Å². The molecule has 0 aromatic heterocycles. The highest BCUT2D eigenvalue weighted by atomic mass is 15.1. The fourth-order valence-corrected chi connectivity index (χ4v) is 1.81. The molecular weight excluding hydrogens is 184 g/mol. The highest BCUT2D eigenvalue weighted by Gasteiger charge is 2.23. The molecule has 0 bridgehead atoms. The molecule has 1 unspecified atom stereocenters. The van der Waals surface area contributed by atoms with Crippen LogP contribution in [0.1, 0.15) is 32.6 Å². The molecule has 2 nitrogen and oxygen atoms in total. The number of rotatable bonds is 8. The van der Waals surface area contributed by atoms with Gasteiger partial charge in [0.1, 0.15) is 0 Å². The number of nitrogens with zero attached hydrogens (tertiary/aromatic N) is 1. The normalized spacial score (nSPS) is 17.7. The van der Waals surface area contributed by atoms with E-state index < -0.39 is 0 Å². The number of nitrogens with two attached hydrogens (primary N) is 1. The third-order valence-corrected chi connectivity index (χ3v) is 3.10. The van der Waals surface area contributed by atoms with Gasteiger partial charge in [-0.05, 0) is 50.6 Å². The first kappa shape index (κ1) is 12.5. The summed E-state index contributed by atoms with van der Waals surface area (Å²) in [6.45, 7) is 6.18. The Balaban J connectivity index is 2.10. The van der Waals surface area contributed by atoms with Crippen molar-refractivity contribution < 1.29 is 0 Å². The molecule has 0 aliphatic heterocycles. The zero-order valence-electron chi connectivity index (χ0n) is 9.91. The van der Waals surface area contributed by atoms with Gasteiger partial charge in [-0.2, -0.15) is 0 Å². The Bertz CT molecular complexity index is 203. The minimum atomic E-state index is 0.651. The number of terminal acetylenes is 1. The third kappa shape index (κ3) is 5.81. The maximum absolute atomic E-state index is 5.59. The predicted octanol–water partition coefficient (Wildman–Crippen LogP) is 1.71. The molecule has 2 N–H and O–H groups in total. The highest BCUT2D eigenvalue weighted by Crippen LogP contribution is 2.29. The van der Waals surface area contributed by atoms with Crippen molar-refractivity contribution in [3.8, 4) is 12.3 Å². The molecule has 1 atom stereocenters. The molecule has 15 heavy (non-hydrogen) atoms. The van der Waals surface area contributed by atoms with E-state index in [1.54, 1.807) is 0 Å². The fraction of sp³-hybridized carbons (Fsp3) is 0.846. The molecule has 0 amide bonds. The number of hydrogen-bond donors (Lipinski definition) is 1. The summed E-state index contributed by atoms with van der Waals surface area (Å²) >= 11 is 0. The van der Waals surface area contributed by atoms with Gasteiger partial charge in [0, 0.05) is 6.54 Å². The summed E-state index contributed by atoms with van der Waals surface area (Å²) in [6, 6.07) is 0. The summed E-state index contributed by atoms with van der Waals surface area (Å²) in [4.78, 5) is 2.42. The van der Waals surface area contributed by atoms with Gasteiger partial charge in [0.15, 0.2) is 0 Å². The van der Waals surface area contributed by atoms with E-state index in [9.17, 15) is 0 Å². The average Bonchev–Trinajstić information content (AvgIpc) is 3.01. The molecule has 1 fully saturated rings. The second kappa shape index (κ2) is 6.87. The van der Waals surface area contributed by atoms with Crippen molar-refractivity contribution in [3.05, 3.63) is 0 Å². The SMILES string of the molecule is C#CCN(CCCC(C)CN)CC1CC1. The van der Waals surface area contributed by atoms with Crippen LogP contribution in [0.25, 0.3) is 0 Å². The van der Waals surface area contributed by atoms with Crippen molar-refractivity contribution >= 4 is 0 Å². The molecule has 86 valence electrons. The van der Waals surface area contributed by atoms with Crippen LogP contribution in [0.3, 0.4) is 0 Å². The van der Waals surface area contributed by atoms with Crippen molar-refractivity contribution in [2.45, 2.75) is 32.6 Å². The topological polar surface area (TPSA) is 29.3 Å². The van der Waals surface area contributed by atoms with Gasteiger partial charge in [-0.15, -0.1) is 6.42 Å². The lowest BCUT2D eigenvalue weighted by molar-refractivity contribution is 0.281. The second-order valence-corrected chi connectivity index (χ2v) is 4.87. The third-order valence-electron chi connectivity index (χ3n) is 3.10. The lowest BCUT2D eigenvalue weighted by Gasteiger charge is -2.20. The van der Waals surface area contributed by atoms with E-state index in [1.165, 1.54) is 32.2 Å². The Morgan fingerprint density at radius 3 is 2.80 bits per heavy atom. The first-order valence-electron chi connectivity index (χ1n) is 6.12. The lowest BCUT2D eigenvalue weighted by Crippen LogP contribution is -2.28. The molecule has 0 aromatic carbocycles. The van der Waals surface area contributed by atoms with Crippen molar-refractivity contribution in [1.82, 2.24) is 4.90 Å². The standard InChI is InChI=1S/C13H24N2/c1-3-8-15(11-13-6-7-13)9-4-5-12(2)10-14/h1,12-13H,4-11,14H2,2H3. The van der Waals surface area contributed by atoms with Gasteiger partial charge in [0.05, 0.1) is 6.54 Å². The molecule has 1 aliphatic carbocycles. The molecule has 0 heterocycles. The zero-order valence-corrected chi connectivity index (χ0v) is 9.91. The van der Waals surface area contributed by atoms with E-state index in [0.29, 0.717) is 5.92 Å². The van der Waals surface area contributed by atoms with Crippen molar-refractivity contribution in [2.24, 2.45) is 17.6 Å². The average molecular weight is 208 g/mol. The molecule has 0 spiro atoms.